The van der Waals surface area contributed by atoms with E-state index in [0.717, 1.165) is 101 Å². The van der Waals surface area contributed by atoms with Crippen molar-refractivity contribution >= 4 is 22.9 Å². The summed E-state index contributed by atoms with van der Waals surface area (Å²) >= 11 is 0. The van der Waals surface area contributed by atoms with Gasteiger partial charge in [-0.1, -0.05) is 52.0 Å². The smallest absolute Gasteiger partial charge is 0.407 e. The van der Waals surface area contributed by atoms with E-state index < -0.39 is 18.4 Å². The van der Waals surface area contributed by atoms with Gasteiger partial charge in [0.05, 0.1) is 54.2 Å². The molecule has 3 aliphatic heterocycles. The zero-order chi connectivity index (χ0) is 42.5. The van der Waals surface area contributed by atoms with E-state index in [1.54, 1.807) is 12.1 Å². The predicted molar refractivity (Wildman–Crippen MR) is 234 cm³/mol. The summed E-state index contributed by atoms with van der Waals surface area (Å²) in [6.07, 6.45) is 6.32. The van der Waals surface area contributed by atoms with Gasteiger partial charge >= 0.3 is 6.09 Å². The number of aromatic nitrogens is 5. The highest BCUT2D eigenvalue weighted by Gasteiger charge is 2.38. The van der Waals surface area contributed by atoms with E-state index in [4.69, 9.17) is 25.2 Å². The number of carbonyl (C=O) groups is 2. The van der Waals surface area contributed by atoms with Gasteiger partial charge in [-0.3, -0.25) is 9.69 Å². The number of alkyl carbamates (subject to hydrolysis) is 1. The van der Waals surface area contributed by atoms with E-state index in [0.29, 0.717) is 18.3 Å². The number of phenolic OH excluding ortho intramolecular Hbond substituents is 1. The Balaban J connectivity index is 1.02. The molecule has 14 nitrogen and oxygen atoms in total. The number of nitrogens with one attached hydrogen (secondary N) is 3. The van der Waals surface area contributed by atoms with Gasteiger partial charge in [0.25, 0.3) is 0 Å². The van der Waals surface area contributed by atoms with Gasteiger partial charge in [0.1, 0.15) is 29.2 Å². The highest BCUT2D eigenvalue weighted by molar-refractivity contribution is 5.92. The number of amides is 2. The van der Waals surface area contributed by atoms with Crippen LogP contribution < -0.4 is 15.8 Å². The van der Waals surface area contributed by atoms with Crippen molar-refractivity contribution in [1.29, 1.82) is 0 Å². The van der Waals surface area contributed by atoms with Gasteiger partial charge in [-0.2, -0.15) is 0 Å². The van der Waals surface area contributed by atoms with Gasteiger partial charge < -0.3 is 45.1 Å². The zero-order valence-electron chi connectivity index (χ0n) is 35.4. The van der Waals surface area contributed by atoms with Crippen LogP contribution in [0.25, 0.3) is 44.7 Å². The molecule has 61 heavy (non-hydrogen) atoms. The lowest BCUT2D eigenvalue weighted by Crippen LogP contribution is -2.51. The highest BCUT2D eigenvalue weighted by Crippen LogP contribution is 2.46. The van der Waals surface area contributed by atoms with Crippen molar-refractivity contribution in [3.05, 3.63) is 96.3 Å². The molecule has 5 atom stereocenters. The molecule has 6 N–H and O–H groups in total. The van der Waals surface area contributed by atoms with Crippen molar-refractivity contribution in [2.45, 2.75) is 83.8 Å². The average Bonchev–Trinajstić information content (AvgIpc) is 4.11. The van der Waals surface area contributed by atoms with Crippen LogP contribution in [0.2, 0.25) is 0 Å². The molecule has 6 aromatic rings. The lowest BCUT2D eigenvalue weighted by molar-refractivity contribution is -0.135. The van der Waals surface area contributed by atoms with Crippen LogP contribution in [-0.4, -0.2) is 90.2 Å². The molecule has 0 spiro atoms. The molecule has 2 fully saturated rings. The van der Waals surface area contributed by atoms with Crippen LogP contribution in [-0.2, 0) is 9.53 Å². The summed E-state index contributed by atoms with van der Waals surface area (Å²) in [4.78, 5) is 46.9. The summed E-state index contributed by atoms with van der Waals surface area (Å²) in [5.41, 5.74) is 13.9. The standard InChI is InChI=1S/C47H55N9O5/c1-26(2)34(48)25-54-17-7-11-38(54)43-49-24-36(51-43)29-13-15-33-40-21-31-19-28(14-16-37(31)56(40)46(61-41(33)22-29)30-9-6-10-32(57)20-30)35-23-50-44(52-35)39-12-8-18-55(39)45(58)42(27(3)4)53-47(59)60-5/h6,9-10,13-16,19-24,26-27,34,38-39,42,46,57H,7-8,11-12,17-18,25,48H2,1-5H3,(H,49,51)(H,50,52)(H,53,59)/t34-,38+,39+,42+,46?/m1/s1. The Morgan fingerprint density at radius 3 is 2.33 bits per heavy atom. The first-order valence-corrected chi connectivity index (χ1v) is 21.5. The Hall–Kier alpha value is -6.12. The van der Waals surface area contributed by atoms with Gasteiger partial charge in [0, 0.05) is 46.8 Å². The fraction of sp³-hybridized carbons (Fsp3) is 0.404. The Bertz CT molecular complexity index is 2570. The number of hydrogen-bond acceptors (Lipinski definition) is 9. The SMILES string of the molecule is COC(=O)N[C@H](C(=O)N1CCC[C@H]1c1ncc(-c2ccc3c(c2)cc2n3C(c3cccc(O)c3)Oc3cc(-c4cnc([C@@H]5CCCN5C[C@@H](N)C(C)C)[nH]4)ccc3-2)[nH]1)C(C)C. The molecule has 0 aliphatic carbocycles. The first kappa shape index (κ1) is 40.3. The first-order chi connectivity index (χ1) is 29.5. The molecule has 2 saturated heterocycles. The monoisotopic (exact) mass is 825 g/mol. The largest absolute Gasteiger partial charge is 0.508 e. The first-order valence-electron chi connectivity index (χ1n) is 21.5. The molecule has 3 aromatic heterocycles. The summed E-state index contributed by atoms with van der Waals surface area (Å²) in [6, 6.07) is 21.4. The highest BCUT2D eigenvalue weighted by atomic mass is 16.5. The third-order valence-electron chi connectivity index (χ3n) is 12.8. The van der Waals surface area contributed by atoms with Gasteiger partial charge in [0.2, 0.25) is 12.1 Å². The minimum atomic E-state index is -0.707. The molecular formula is C47H55N9O5. The number of carbonyl (C=O) groups excluding carboxylic acids is 2. The third-order valence-corrected chi connectivity index (χ3v) is 12.8. The summed E-state index contributed by atoms with van der Waals surface area (Å²) in [5, 5.41) is 14.3. The fourth-order valence-corrected chi connectivity index (χ4v) is 9.27. The van der Waals surface area contributed by atoms with Crippen LogP contribution in [0.4, 0.5) is 4.79 Å². The van der Waals surface area contributed by atoms with Gasteiger partial charge in [-0.25, -0.2) is 14.8 Å². The Morgan fingerprint density at radius 1 is 0.902 bits per heavy atom. The van der Waals surface area contributed by atoms with Crippen LogP contribution in [0.15, 0.2) is 79.1 Å². The second-order valence-electron chi connectivity index (χ2n) is 17.4. The number of hydrogen-bond donors (Lipinski definition) is 5. The zero-order valence-corrected chi connectivity index (χ0v) is 35.4. The van der Waals surface area contributed by atoms with Crippen molar-refractivity contribution < 1.29 is 24.2 Å². The van der Waals surface area contributed by atoms with Crippen LogP contribution in [0, 0.1) is 11.8 Å². The lowest BCUT2D eigenvalue weighted by Gasteiger charge is -2.30. The number of benzene rings is 3. The molecule has 3 aromatic carbocycles. The molecule has 0 radical (unpaired) electrons. The van der Waals surface area contributed by atoms with Crippen molar-refractivity contribution in [3.8, 4) is 45.3 Å². The molecule has 9 rings (SSSR count). The molecule has 318 valence electrons. The van der Waals surface area contributed by atoms with Crippen molar-refractivity contribution in [3.63, 3.8) is 0 Å². The van der Waals surface area contributed by atoms with Crippen molar-refractivity contribution in [2.75, 3.05) is 26.7 Å². The van der Waals surface area contributed by atoms with Crippen LogP contribution in [0.3, 0.4) is 0 Å². The molecule has 0 bridgehead atoms. The maximum Gasteiger partial charge on any atom is 0.407 e. The van der Waals surface area contributed by atoms with E-state index in [-0.39, 0.29) is 35.7 Å². The number of rotatable bonds is 11. The number of fused-ring (bicyclic) bond motifs is 5. The van der Waals surface area contributed by atoms with Crippen molar-refractivity contribution in [1.82, 2.24) is 39.6 Å². The van der Waals surface area contributed by atoms with Crippen LogP contribution >= 0.6 is 0 Å². The Morgan fingerprint density at radius 2 is 1.61 bits per heavy atom. The fourth-order valence-electron chi connectivity index (χ4n) is 9.27. The van der Waals surface area contributed by atoms with Crippen LogP contribution in [0.1, 0.15) is 88.9 Å². The second kappa shape index (κ2) is 16.4. The number of phenols is 1. The predicted octanol–water partition coefficient (Wildman–Crippen LogP) is 7.90. The maximum atomic E-state index is 13.8. The molecule has 3 aliphatic rings. The Labute approximate surface area is 355 Å². The van der Waals surface area contributed by atoms with Gasteiger partial charge in [0.15, 0.2) is 0 Å². The number of likely N-dealkylation sites (tertiary alicyclic amines) is 2. The number of methoxy groups -OCH3 is 1. The van der Waals surface area contributed by atoms with E-state index in [1.807, 2.05) is 43.3 Å². The molecule has 0 saturated carbocycles. The maximum absolute atomic E-state index is 13.8. The summed E-state index contributed by atoms with van der Waals surface area (Å²) < 4.78 is 13.9. The summed E-state index contributed by atoms with van der Waals surface area (Å²) in [7, 11) is 1.30. The van der Waals surface area contributed by atoms with E-state index in [1.165, 1.54) is 7.11 Å². The molecule has 1 unspecified atom stereocenters. The molecule has 14 heteroatoms. The number of nitrogens with two attached hydrogens (primary N) is 1. The quantitative estimate of drug-likeness (QED) is 0.0868. The summed E-state index contributed by atoms with van der Waals surface area (Å²) in [6.45, 7) is 10.6. The number of H-pyrrole nitrogens is 2. The van der Waals surface area contributed by atoms with E-state index in [2.05, 4.69) is 81.1 Å². The third kappa shape index (κ3) is 7.63. The van der Waals surface area contributed by atoms with E-state index in [9.17, 15) is 14.7 Å². The summed E-state index contributed by atoms with van der Waals surface area (Å²) in [5.74, 6) is 2.71. The van der Waals surface area contributed by atoms with Gasteiger partial charge in [-0.05, 0) is 86.5 Å². The number of imidazole rings is 2. The van der Waals surface area contributed by atoms with Crippen LogP contribution in [0.5, 0.6) is 11.5 Å². The number of ether oxygens (including phenoxy) is 2. The molecule has 2 amide bonds. The second-order valence-corrected chi connectivity index (χ2v) is 17.4. The lowest BCUT2D eigenvalue weighted by atomic mass is 10.0. The Kier molecular flexibility index (Phi) is 10.8. The number of aromatic hydroxyl groups is 1. The van der Waals surface area contributed by atoms with Gasteiger partial charge in [-0.15, -0.1) is 0 Å². The van der Waals surface area contributed by atoms with Crippen molar-refractivity contribution in [2.24, 2.45) is 17.6 Å². The normalized spacial score (nSPS) is 19.9. The molecular weight excluding hydrogens is 771 g/mol. The minimum absolute atomic E-state index is 0.113. The average molecular weight is 826 g/mol. The van der Waals surface area contributed by atoms with E-state index >= 15 is 0 Å². The molecule has 6 heterocycles. The minimum Gasteiger partial charge on any atom is -0.508 e. The number of nitrogens with zero attached hydrogens (tertiary/aromatic N) is 5. The topological polar surface area (TPSA) is 180 Å². The number of aromatic amines is 2.